The number of imide groups is 2. The van der Waals surface area contributed by atoms with Crippen LogP contribution in [-0.4, -0.2) is 58.1 Å². The quantitative estimate of drug-likeness (QED) is 0.610. The summed E-state index contributed by atoms with van der Waals surface area (Å²) in [5, 5.41) is 0. The van der Waals surface area contributed by atoms with Crippen LogP contribution >= 0.6 is 0 Å². The number of carbonyl (C=O) groups is 4. The molecular formula is C17H19N3O4. The zero-order valence-electron chi connectivity index (χ0n) is 13.3. The average molecular weight is 329 g/mol. The van der Waals surface area contributed by atoms with Gasteiger partial charge in [-0.25, -0.2) is 9.69 Å². The molecule has 2 aliphatic heterocycles. The number of likely N-dealkylation sites (tertiary alicyclic amines) is 1. The minimum atomic E-state index is -0.929. The number of rotatable bonds is 4. The highest BCUT2D eigenvalue weighted by atomic mass is 16.2. The van der Waals surface area contributed by atoms with Crippen molar-refractivity contribution >= 4 is 23.8 Å². The Balaban J connectivity index is 1.68. The number of hydrogen-bond donors (Lipinski definition) is 0. The second-order valence-electron chi connectivity index (χ2n) is 5.99. The highest BCUT2D eigenvalue weighted by Gasteiger charge is 2.45. The molecule has 5 amide bonds. The molecule has 126 valence electrons. The van der Waals surface area contributed by atoms with Crippen molar-refractivity contribution in [2.24, 2.45) is 0 Å². The molecule has 0 unspecified atom stereocenters. The van der Waals surface area contributed by atoms with E-state index in [0.717, 1.165) is 34.6 Å². The Bertz CT molecular complexity index is 668. The third-order valence-electron chi connectivity index (χ3n) is 4.32. The van der Waals surface area contributed by atoms with Gasteiger partial charge in [-0.05, 0) is 24.8 Å². The Hall–Kier alpha value is -2.70. The molecule has 3 rings (SSSR count). The maximum absolute atomic E-state index is 12.4. The number of amides is 5. The lowest BCUT2D eigenvalue weighted by Crippen LogP contribution is -2.45. The second-order valence-corrected chi connectivity index (χ2v) is 5.99. The Morgan fingerprint density at radius 2 is 1.50 bits per heavy atom. The van der Waals surface area contributed by atoms with E-state index in [9.17, 15) is 19.2 Å². The van der Waals surface area contributed by atoms with Crippen molar-refractivity contribution in [2.75, 3.05) is 19.6 Å². The molecule has 7 heteroatoms. The van der Waals surface area contributed by atoms with E-state index in [0.29, 0.717) is 13.1 Å². The van der Waals surface area contributed by atoms with Crippen molar-refractivity contribution in [3.8, 4) is 0 Å². The lowest BCUT2D eigenvalue weighted by molar-refractivity contribution is -0.145. The molecule has 1 aromatic carbocycles. The first-order chi connectivity index (χ1) is 11.6. The highest BCUT2D eigenvalue weighted by molar-refractivity contribution is 6.44. The monoisotopic (exact) mass is 329 g/mol. The molecule has 1 aromatic rings. The molecule has 2 aliphatic rings. The maximum atomic E-state index is 12.4. The lowest BCUT2D eigenvalue weighted by Gasteiger charge is -2.27. The predicted octanol–water partition coefficient (Wildman–Crippen LogP) is 0.990. The van der Waals surface area contributed by atoms with E-state index < -0.39 is 17.8 Å². The predicted molar refractivity (Wildman–Crippen MR) is 84.5 cm³/mol. The number of hydrogen-bond acceptors (Lipinski definition) is 4. The Morgan fingerprint density at radius 3 is 2.17 bits per heavy atom. The summed E-state index contributed by atoms with van der Waals surface area (Å²) in [7, 11) is 0. The van der Waals surface area contributed by atoms with E-state index in [4.69, 9.17) is 0 Å². The topological polar surface area (TPSA) is 78.0 Å². The summed E-state index contributed by atoms with van der Waals surface area (Å²) in [6.45, 7) is 0.931. The van der Waals surface area contributed by atoms with E-state index in [2.05, 4.69) is 0 Å². The Labute approximate surface area is 139 Å². The van der Waals surface area contributed by atoms with Gasteiger partial charge in [0, 0.05) is 13.1 Å². The summed E-state index contributed by atoms with van der Waals surface area (Å²) in [5.74, 6) is -2.10. The molecule has 0 radical (unpaired) electrons. The van der Waals surface area contributed by atoms with Crippen molar-refractivity contribution < 1.29 is 19.2 Å². The van der Waals surface area contributed by atoms with Crippen molar-refractivity contribution in [1.29, 1.82) is 0 Å². The summed E-state index contributed by atoms with van der Waals surface area (Å²) < 4.78 is 0. The van der Waals surface area contributed by atoms with Crippen molar-refractivity contribution in [3.63, 3.8) is 0 Å². The fourth-order valence-corrected chi connectivity index (χ4v) is 2.97. The minimum absolute atomic E-state index is 0.0264. The van der Waals surface area contributed by atoms with E-state index in [1.54, 1.807) is 29.2 Å². The van der Waals surface area contributed by atoms with Crippen molar-refractivity contribution in [2.45, 2.75) is 25.8 Å². The summed E-state index contributed by atoms with van der Waals surface area (Å²) in [5.41, 5.74) is 0.746. The standard InChI is InChI=1S/C17H19N3O4/c21-14(18-9-5-2-6-10-18)12-20-16(23)15(22)19(17(20)24)11-13-7-3-1-4-8-13/h1,3-4,7-8H,2,5-6,9-12H2. The van der Waals surface area contributed by atoms with Gasteiger partial charge in [0.05, 0.1) is 6.54 Å². The molecule has 2 heterocycles. The summed E-state index contributed by atoms with van der Waals surface area (Å²) in [6, 6.07) is 8.23. The number of piperidine rings is 1. The van der Waals surface area contributed by atoms with Gasteiger partial charge in [-0.1, -0.05) is 30.3 Å². The fraction of sp³-hybridized carbons (Fsp3) is 0.412. The smallest absolute Gasteiger partial charge is 0.335 e. The van der Waals surface area contributed by atoms with E-state index in [-0.39, 0.29) is 19.0 Å². The molecule has 7 nitrogen and oxygen atoms in total. The molecule has 0 atom stereocenters. The largest absolute Gasteiger partial charge is 0.341 e. The normalized spacial score (nSPS) is 18.5. The van der Waals surface area contributed by atoms with Gasteiger partial charge in [0.25, 0.3) is 0 Å². The van der Waals surface area contributed by atoms with Gasteiger partial charge in [0.1, 0.15) is 6.54 Å². The third-order valence-corrected chi connectivity index (χ3v) is 4.32. The molecule has 2 saturated heterocycles. The highest BCUT2D eigenvalue weighted by Crippen LogP contribution is 2.17. The van der Waals surface area contributed by atoms with Crippen molar-refractivity contribution in [3.05, 3.63) is 35.9 Å². The SMILES string of the molecule is O=C(CN1C(=O)C(=O)N(Cc2ccccc2)C1=O)N1CCCCC1. The zero-order chi connectivity index (χ0) is 17.1. The van der Waals surface area contributed by atoms with Crippen LogP contribution < -0.4 is 0 Å². The van der Waals surface area contributed by atoms with Crippen LogP contribution in [0.5, 0.6) is 0 Å². The molecule has 0 saturated carbocycles. The summed E-state index contributed by atoms with van der Waals surface area (Å²) in [4.78, 5) is 52.1. The Kier molecular flexibility index (Phi) is 4.59. The summed E-state index contributed by atoms with van der Waals surface area (Å²) >= 11 is 0. The number of carbonyl (C=O) groups excluding carboxylic acids is 4. The number of urea groups is 1. The minimum Gasteiger partial charge on any atom is -0.341 e. The summed E-state index contributed by atoms with van der Waals surface area (Å²) in [6.07, 6.45) is 2.92. The van der Waals surface area contributed by atoms with Crippen LogP contribution in [0.4, 0.5) is 4.79 Å². The van der Waals surface area contributed by atoms with Gasteiger partial charge in [-0.2, -0.15) is 0 Å². The van der Waals surface area contributed by atoms with Crippen LogP contribution in [0.25, 0.3) is 0 Å². The molecule has 0 N–H and O–H groups in total. The van der Waals surface area contributed by atoms with E-state index in [1.165, 1.54) is 0 Å². The van der Waals surface area contributed by atoms with Crippen LogP contribution in [0.1, 0.15) is 24.8 Å². The van der Waals surface area contributed by atoms with Crippen LogP contribution in [0.2, 0.25) is 0 Å². The van der Waals surface area contributed by atoms with Gasteiger partial charge < -0.3 is 4.90 Å². The molecule has 2 fully saturated rings. The maximum Gasteiger partial charge on any atom is 0.335 e. The average Bonchev–Trinajstić information content (AvgIpc) is 2.81. The molecule has 0 spiro atoms. The van der Waals surface area contributed by atoms with Crippen molar-refractivity contribution in [1.82, 2.24) is 14.7 Å². The van der Waals surface area contributed by atoms with Crippen LogP contribution in [0.15, 0.2) is 30.3 Å². The Morgan fingerprint density at radius 1 is 0.875 bits per heavy atom. The first-order valence-corrected chi connectivity index (χ1v) is 8.07. The van der Waals surface area contributed by atoms with Crippen LogP contribution in [-0.2, 0) is 20.9 Å². The zero-order valence-corrected chi connectivity index (χ0v) is 13.3. The van der Waals surface area contributed by atoms with Gasteiger partial charge >= 0.3 is 17.8 Å². The lowest BCUT2D eigenvalue weighted by atomic mass is 10.1. The molecule has 0 bridgehead atoms. The molecule has 0 aliphatic carbocycles. The van der Waals surface area contributed by atoms with Crippen LogP contribution in [0, 0.1) is 0 Å². The van der Waals surface area contributed by atoms with Gasteiger partial charge in [-0.3, -0.25) is 19.3 Å². The number of benzene rings is 1. The third kappa shape index (κ3) is 3.15. The second kappa shape index (κ2) is 6.82. The number of nitrogens with zero attached hydrogens (tertiary/aromatic N) is 3. The van der Waals surface area contributed by atoms with Gasteiger partial charge in [0.15, 0.2) is 0 Å². The first-order valence-electron chi connectivity index (χ1n) is 8.07. The molecule has 24 heavy (non-hydrogen) atoms. The molecule has 0 aromatic heterocycles. The van der Waals surface area contributed by atoms with Gasteiger partial charge in [-0.15, -0.1) is 0 Å². The molecular weight excluding hydrogens is 310 g/mol. The fourth-order valence-electron chi connectivity index (χ4n) is 2.97. The van der Waals surface area contributed by atoms with Crippen LogP contribution in [0.3, 0.4) is 0 Å². The van der Waals surface area contributed by atoms with Gasteiger partial charge in [0.2, 0.25) is 5.91 Å². The van der Waals surface area contributed by atoms with E-state index >= 15 is 0 Å². The van der Waals surface area contributed by atoms with E-state index in [1.807, 2.05) is 6.07 Å². The first kappa shape index (κ1) is 16.2.